The average molecular weight is 247 g/mol. The molecule has 0 saturated carbocycles. The molecule has 0 fully saturated rings. The van der Waals surface area contributed by atoms with Crippen LogP contribution in [-0.4, -0.2) is 13.2 Å². The van der Waals surface area contributed by atoms with E-state index in [0.29, 0.717) is 6.04 Å². The molecule has 0 aliphatic heterocycles. The van der Waals surface area contributed by atoms with E-state index in [4.69, 9.17) is 4.74 Å². The first-order valence-electron chi connectivity index (χ1n) is 6.89. The van der Waals surface area contributed by atoms with Gasteiger partial charge in [0.25, 0.3) is 0 Å². The Labute approximate surface area is 111 Å². The summed E-state index contributed by atoms with van der Waals surface area (Å²) in [6.07, 6.45) is 6.22. The molecule has 0 spiro atoms. The van der Waals surface area contributed by atoms with Crippen LogP contribution in [-0.2, 0) is 4.74 Å². The molecular weight excluding hydrogens is 222 g/mol. The van der Waals surface area contributed by atoms with E-state index >= 15 is 0 Å². The molecule has 0 aliphatic rings. The number of nitrogens with one attached hydrogen (secondary N) is 1. The van der Waals surface area contributed by atoms with Gasteiger partial charge in [-0.3, -0.25) is 0 Å². The van der Waals surface area contributed by atoms with Crippen molar-refractivity contribution in [3.05, 3.63) is 48.7 Å². The topological polar surface area (TPSA) is 21.3 Å². The lowest BCUT2D eigenvalue weighted by molar-refractivity contribution is 0.242. The van der Waals surface area contributed by atoms with Crippen molar-refractivity contribution in [2.24, 2.45) is 0 Å². The Morgan fingerprint density at radius 3 is 2.72 bits per heavy atom. The van der Waals surface area contributed by atoms with E-state index in [1.165, 1.54) is 31.1 Å². The molecule has 2 nitrogen and oxygen atoms in total. The molecule has 0 saturated heterocycles. The summed E-state index contributed by atoms with van der Waals surface area (Å²) in [6, 6.07) is 11.2. The minimum absolute atomic E-state index is 0.467. The van der Waals surface area contributed by atoms with E-state index in [-0.39, 0.29) is 0 Å². The summed E-state index contributed by atoms with van der Waals surface area (Å²) in [6.45, 7) is 7.50. The van der Waals surface area contributed by atoms with Gasteiger partial charge in [0.05, 0.1) is 12.9 Å². The van der Waals surface area contributed by atoms with Crippen molar-refractivity contribution >= 4 is 0 Å². The summed E-state index contributed by atoms with van der Waals surface area (Å²) < 4.78 is 5.13. The molecule has 0 amide bonds. The third-order valence-corrected chi connectivity index (χ3v) is 3.00. The number of hydrogen-bond donors (Lipinski definition) is 1. The summed E-state index contributed by atoms with van der Waals surface area (Å²) >= 11 is 0. The van der Waals surface area contributed by atoms with Gasteiger partial charge in [-0.2, -0.15) is 0 Å². The predicted molar refractivity (Wildman–Crippen MR) is 77.5 cm³/mol. The molecular formula is C16H25NO. The fraction of sp³-hybridized carbons (Fsp3) is 0.500. The van der Waals surface area contributed by atoms with Crippen molar-refractivity contribution in [3.63, 3.8) is 0 Å². The van der Waals surface area contributed by atoms with E-state index in [1.54, 1.807) is 0 Å². The van der Waals surface area contributed by atoms with Gasteiger partial charge in [-0.15, -0.1) is 0 Å². The molecule has 1 unspecified atom stereocenters. The number of unbranched alkanes of at least 4 members (excludes halogenated alkanes) is 1. The van der Waals surface area contributed by atoms with Crippen molar-refractivity contribution in [1.29, 1.82) is 0 Å². The van der Waals surface area contributed by atoms with Crippen molar-refractivity contribution in [3.8, 4) is 0 Å². The minimum Gasteiger partial charge on any atom is -0.502 e. The van der Waals surface area contributed by atoms with Crippen molar-refractivity contribution in [2.45, 2.75) is 38.6 Å². The molecule has 2 heteroatoms. The van der Waals surface area contributed by atoms with Gasteiger partial charge in [-0.1, -0.05) is 56.7 Å². The molecule has 1 aromatic rings. The van der Waals surface area contributed by atoms with E-state index in [1.807, 2.05) is 0 Å². The highest BCUT2D eigenvalue weighted by molar-refractivity contribution is 5.18. The largest absolute Gasteiger partial charge is 0.502 e. The zero-order chi connectivity index (χ0) is 13.1. The van der Waals surface area contributed by atoms with Crippen LogP contribution in [0.4, 0.5) is 0 Å². The van der Waals surface area contributed by atoms with Crippen LogP contribution >= 0.6 is 0 Å². The molecule has 1 aromatic carbocycles. The van der Waals surface area contributed by atoms with Crippen LogP contribution in [0.3, 0.4) is 0 Å². The van der Waals surface area contributed by atoms with Gasteiger partial charge >= 0.3 is 0 Å². The zero-order valence-electron chi connectivity index (χ0n) is 11.4. The molecule has 0 aromatic heterocycles. The van der Waals surface area contributed by atoms with Gasteiger partial charge in [-0.25, -0.2) is 0 Å². The number of hydrogen-bond acceptors (Lipinski definition) is 2. The Morgan fingerprint density at radius 1 is 1.28 bits per heavy atom. The number of rotatable bonds is 10. The van der Waals surface area contributed by atoms with Crippen LogP contribution in [0.2, 0.25) is 0 Å². The number of benzene rings is 1. The minimum atomic E-state index is 0.467. The molecule has 1 atom stereocenters. The second-order valence-corrected chi connectivity index (χ2v) is 4.45. The van der Waals surface area contributed by atoms with Crippen LogP contribution in [0.15, 0.2) is 43.2 Å². The second kappa shape index (κ2) is 9.72. The lowest BCUT2D eigenvalue weighted by Crippen LogP contribution is -2.23. The van der Waals surface area contributed by atoms with Gasteiger partial charge < -0.3 is 10.1 Å². The maximum atomic E-state index is 5.13. The summed E-state index contributed by atoms with van der Waals surface area (Å²) in [5.41, 5.74) is 1.38. The average Bonchev–Trinajstić information content (AvgIpc) is 2.43. The van der Waals surface area contributed by atoms with Crippen molar-refractivity contribution in [1.82, 2.24) is 5.32 Å². The Morgan fingerprint density at radius 2 is 2.06 bits per heavy atom. The molecule has 0 aliphatic carbocycles. The molecule has 1 N–H and O–H groups in total. The maximum Gasteiger partial charge on any atom is 0.0885 e. The molecule has 0 radical (unpaired) electrons. The first-order chi connectivity index (χ1) is 8.88. The van der Waals surface area contributed by atoms with Crippen molar-refractivity contribution in [2.75, 3.05) is 13.2 Å². The standard InChI is InChI=1S/C16H25NO/c1-3-5-12-16(15-10-7-6-8-11-15)17-13-9-14-18-4-2/h4,6-8,10-11,16-17H,2-3,5,9,12-14H2,1H3. The van der Waals surface area contributed by atoms with Gasteiger partial charge in [0.2, 0.25) is 0 Å². The molecule has 0 bridgehead atoms. The van der Waals surface area contributed by atoms with E-state index in [0.717, 1.165) is 19.6 Å². The fourth-order valence-corrected chi connectivity index (χ4v) is 2.00. The Kier molecular flexibility index (Phi) is 7.98. The van der Waals surface area contributed by atoms with Gasteiger partial charge in [0.15, 0.2) is 0 Å². The Bertz CT molecular complexity index is 310. The SMILES string of the molecule is C=COCCCNC(CCCC)c1ccccc1. The Hall–Kier alpha value is -1.28. The highest BCUT2D eigenvalue weighted by Gasteiger charge is 2.09. The van der Waals surface area contributed by atoms with E-state index < -0.39 is 0 Å². The van der Waals surface area contributed by atoms with E-state index in [2.05, 4.69) is 49.2 Å². The summed E-state index contributed by atoms with van der Waals surface area (Å²) in [4.78, 5) is 0. The lowest BCUT2D eigenvalue weighted by atomic mass is 10.0. The quantitative estimate of drug-likeness (QED) is 0.497. The van der Waals surface area contributed by atoms with Crippen LogP contribution in [0, 0.1) is 0 Å². The summed E-state index contributed by atoms with van der Waals surface area (Å²) in [7, 11) is 0. The predicted octanol–water partition coefficient (Wildman–Crippen LogP) is 4.06. The lowest BCUT2D eigenvalue weighted by Gasteiger charge is -2.19. The van der Waals surface area contributed by atoms with Crippen LogP contribution in [0.25, 0.3) is 0 Å². The summed E-state index contributed by atoms with van der Waals surface area (Å²) in [5, 5.41) is 3.62. The van der Waals surface area contributed by atoms with Gasteiger partial charge in [0.1, 0.15) is 0 Å². The van der Waals surface area contributed by atoms with Crippen LogP contribution in [0.5, 0.6) is 0 Å². The highest BCUT2D eigenvalue weighted by Crippen LogP contribution is 2.18. The number of ether oxygens (including phenoxy) is 1. The molecule has 1 rings (SSSR count). The first kappa shape index (κ1) is 14.8. The van der Waals surface area contributed by atoms with Crippen LogP contribution in [0.1, 0.15) is 44.2 Å². The second-order valence-electron chi connectivity index (χ2n) is 4.45. The maximum absolute atomic E-state index is 5.13. The normalized spacial score (nSPS) is 12.1. The smallest absolute Gasteiger partial charge is 0.0885 e. The van der Waals surface area contributed by atoms with E-state index in [9.17, 15) is 0 Å². The monoisotopic (exact) mass is 247 g/mol. The molecule has 0 heterocycles. The molecule has 18 heavy (non-hydrogen) atoms. The highest BCUT2D eigenvalue weighted by atomic mass is 16.5. The van der Waals surface area contributed by atoms with Gasteiger partial charge in [0, 0.05) is 6.04 Å². The zero-order valence-corrected chi connectivity index (χ0v) is 11.4. The fourth-order valence-electron chi connectivity index (χ4n) is 2.00. The van der Waals surface area contributed by atoms with Crippen molar-refractivity contribution < 1.29 is 4.74 Å². The van der Waals surface area contributed by atoms with Gasteiger partial charge in [-0.05, 0) is 24.9 Å². The molecule has 100 valence electrons. The first-order valence-corrected chi connectivity index (χ1v) is 6.89. The third kappa shape index (κ3) is 5.87. The van der Waals surface area contributed by atoms with Crippen LogP contribution < -0.4 is 5.32 Å². The summed E-state index contributed by atoms with van der Waals surface area (Å²) in [5.74, 6) is 0. The third-order valence-electron chi connectivity index (χ3n) is 3.00. The Balaban J connectivity index is 2.38.